The van der Waals surface area contributed by atoms with Gasteiger partial charge in [0.05, 0.1) is 7.05 Å². The Morgan fingerprint density at radius 1 is 1.10 bits per heavy atom. The van der Waals surface area contributed by atoms with E-state index >= 15 is 0 Å². The van der Waals surface area contributed by atoms with Crippen LogP contribution in [0.3, 0.4) is 0 Å². The molecule has 1 saturated carbocycles. The Morgan fingerprint density at radius 2 is 1.74 bits per heavy atom. The number of carbonyl (C=O) groups is 1. The van der Waals surface area contributed by atoms with E-state index < -0.39 is 5.60 Å². The van der Waals surface area contributed by atoms with E-state index in [2.05, 4.69) is 19.2 Å². The molecule has 0 bridgehead atoms. The summed E-state index contributed by atoms with van der Waals surface area (Å²) in [5.74, 6) is 0. The Kier molecular flexibility index (Phi) is 6.19. The van der Waals surface area contributed by atoms with Crippen LogP contribution in [0.25, 0.3) is 5.70 Å². The number of nitrogens with zero attached hydrogens (tertiary/aromatic N) is 3. The summed E-state index contributed by atoms with van der Waals surface area (Å²) in [6.07, 6.45) is 7.64. The Morgan fingerprint density at radius 3 is 2.39 bits per heavy atom. The van der Waals surface area contributed by atoms with Crippen molar-refractivity contribution < 1.29 is 14.1 Å². The number of likely N-dealkylation sites (tertiary alicyclic amines) is 1. The number of quaternary nitrogens is 1. The van der Waals surface area contributed by atoms with E-state index in [4.69, 9.17) is 21.4 Å². The lowest BCUT2D eigenvalue weighted by Crippen LogP contribution is -2.46. The molecule has 31 heavy (non-hydrogen) atoms. The fraction of sp³-hybridized carbons (Fsp3) is 0.600. The van der Waals surface area contributed by atoms with Gasteiger partial charge in [0.25, 0.3) is 0 Å². The number of hydrogen-bond donors (Lipinski definition) is 0. The molecule has 4 rings (SSSR count). The van der Waals surface area contributed by atoms with Crippen molar-refractivity contribution in [2.24, 2.45) is 5.10 Å². The standard InChI is InChI=1S/C25H35ClN3O2/c1-25(2,3)31-24(30)28-16-14-21-22(15-17-28)27-29(4,20-8-6-5-7-9-20)23(21)18-10-12-19(26)13-11-18/h10-13,20H,5-9,14-17H2,1-4H3/q+1. The van der Waals surface area contributed by atoms with Gasteiger partial charge < -0.3 is 9.64 Å². The fourth-order valence-electron chi connectivity index (χ4n) is 5.23. The maximum atomic E-state index is 12.7. The first-order valence-corrected chi connectivity index (χ1v) is 12.0. The highest BCUT2D eigenvalue weighted by Crippen LogP contribution is 2.44. The third-order valence-corrected chi connectivity index (χ3v) is 6.97. The number of amides is 1. The minimum atomic E-state index is -0.485. The first-order valence-electron chi connectivity index (χ1n) is 11.6. The van der Waals surface area contributed by atoms with E-state index in [9.17, 15) is 4.79 Å². The van der Waals surface area contributed by atoms with Crippen molar-refractivity contribution in [3.05, 3.63) is 40.4 Å². The molecule has 2 fully saturated rings. The Balaban J connectivity index is 1.68. The molecule has 1 aromatic carbocycles. The molecule has 0 spiro atoms. The Labute approximate surface area is 191 Å². The topological polar surface area (TPSA) is 41.9 Å². The van der Waals surface area contributed by atoms with E-state index in [-0.39, 0.29) is 6.09 Å². The highest BCUT2D eigenvalue weighted by Gasteiger charge is 2.47. The average Bonchev–Trinajstić information content (AvgIpc) is 2.86. The molecule has 2 heterocycles. The van der Waals surface area contributed by atoms with Crippen molar-refractivity contribution in [1.82, 2.24) is 4.90 Å². The molecule has 2 aliphatic heterocycles. The summed E-state index contributed by atoms with van der Waals surface area (Å²) < 4.78 is 6.27. The second-order valence-electron chi connectivity index (χ2n) is 10.2. The quantitative estimate of drug-likeness (QED) is 0.507. The summed E-state index contributed by atoms with van der Waals surface area (Å²) >= 11 is 6.20. The van der Waals surface area contributed by atoms with Crippen LogP contribution in [0.4, 0.5) is 4.79 Å². The highest BCUT2D eigenvalue weighted by atomic mass is 35.5. The van der Waals surface area contributed by atoms with E-state index in [1.54, 1.807) is 0 Å². The first-order chi connectivity index (χ1) is 14.7. The van der Waals surface area contributed by atoms with Gasteiger partial charge in [-0.1, -0.05) is 23.1 Å². The van der Waals surface area contributed by atoms with Crippen molar-refractivity contribution in [2.45, 2.75) is 77.4 Å². The van der Waals surface area contributed by atoms with E-state index in [1.165, 1.54) is 48.9 Å². The van der Waals surface area contributed by atoms with Crippen LogP contribution in [0.15, 0.2) is 34.9 Å². The molecule has 0 radical (unpaired) electrons. The van der Waals surface area contributed by atoms with Crippen molar-refractivity contribution >= 4 is 29.1 Å². The van der Waals surface area contributed by atoms with Gasteiger partial charge in [-0.2, -0.15) is 4.59 Å². The predicted octanol–water partition coefficient (Wildman–Crippen LogP) is 6.23. The SMILES string of the molecule is CC(C)(C)OC(=O)N1CCC2=N[N+](C)(C3CCCCC3)C(c3ccc(Cl)cc3)=C2CC1. The molecule has 5 nitrogen and oxygen atoms in total. The zero-order valence-corrected chi connectivity index (χ0v) is 20.0. The van der Waals surface area contributed by atoms with Gasteiger partial charge in [0.2, 0.25) is 0 Å². The second kappa shape index (κ2) is 8.59. The summed E-state index contributed by atoms with van der Waals surface area (Å²) in [4.78, 5) is 14.5. The smallest absolute Gasteiger partial charge is 0.410 e. The minimum absolute atomic E-state index is 0.230. The molecule has 1 aromatic rings. The monoisotopic (exact) mass is 444 g/mol. The summed E-state index contributed by atoms with van der Waals surface area (Å²) in [6.45, 7) is 7.04. The van der Waals surface area contributed by atoms with Crippen molar-refractivity contribution in [3.8, 4) is 0 Å². The van der Waals surface area contributed by atoms with Gasteiger partial charge in [-0.3, -0.25) is 0 Å². The van der Waals surface area contributed by atoms with Crippen LogP contribution in [0.1, 0.15) is 71.3 Å². The molecule has 1 amide bonds. The van der Waals surface area contributed by atoms with Gasteiger partial charge in [0.1, 0.15) is 17.4 Å². The van der Waals surface area contributed by atoms with E-state index in [1.807, 2.05) is 37.8 Å². The predicted molar refractivity (Wildman–Crippen MR) is 126 cm³/mol. The summed E-state index contributed by atoms with van der Waals surface area (Å²) in [7, 11) is 2.28. The molecule has 168 valence electrons. The minimum Gasteiger partial charge on any atom is -0.444 e. The lowest BCUT2D eigenvalue weighted by Gasteiger charge is -2.37. The van der Waals surface area contributed by atoms with Crippen LogP contribution in [-0.4, -0.2) is 53.1 Å². The van der Waals surface area contributed by atoms with Crippen LogP contribution in [0, 0.1) is 0 Å². The lowest BCUT2D eigenvalue weighted by atomic mass is 9.91. The maximum absolute atomic E-state index is 12.7. The van der Waals surface area contributed by atoms with Crippen LogP contribution >= 0.6 is 11.6 Å². The summed E-state index contributed by atoms with van der Waals surface area (Å²) in [5, 5.41) is 6.09. The van der Waals surface area contributed by atoms with Crippen LogP contribution < -0.4 is 0 Å². The van der Waals surface area contributed by atoms with E-state index in [0.717, 1.165) is 23.6 Å². The first kappa shape index (κ1) is 22.3. The molecule has 3 aliphatic rings. The Hall–Kier alpha value is -1.85. The highest BCUT2D eigenvalue weighted by molar-refractivity contribution is 6.30. The molecule has 1 saturated heterocycles. The maximum Gasteiger partial charge on any atom is 0.410 e. The Bertz CT molecular complexity index is 894. The molecule has 1 aliphatic carbocycles. The number of benzene rings is 1. The number of halogens is 1. The van der Waals surface area contributed by atoms with Crippen LogP contribution in [0.2, 0.25) is 5.02 Å². The largest absolute Gasteiger partial charge is 0.444 e. The molecular weight excluding hydrogens is 410 g/mol. The van der Waals surface area contributed by atoms with Gasteiger partial charge in [0.15, 0.2) is 5.70 Å². The lowest BCUT2D eigenvalue weighted by molar-refractivity contribution is -0.872. The van der Waals surface area contributed by atoms with Gasteiger partial charge in [0, 0.05) is 48.5 Å². The number of rotatable bonds is 2. The summed E-state index contributed by atoms with van der Waals surface area (Å²) in [5.41, 5.74) is 4.47. The molecule has 0 aromatic heterocycles. The average molecular weight is 445 g/mol. The second-order valence-corrected chi connectivity index (χ2v) is 10.6. The third kappa shape index (κ3) is 4.68. The number of ether oxygens (including phenoxy) is 1. The molecule has 1 unspecified atom stereocenters. The number of carbonyl (C=O) groups excluding carboxylic acids is 1. The molecule has 6 heteroatoms. The number of fused-ring (bicyclic) bond motifs is 1. The zero-order valence-electron chi connectivity index (χ0n) is 19.3. The van der Waals surface area contributed by atoms with Gasteiger partial charge >= 0.3 is 6.09 Å². The van der Waals surface area contributed by atoms with Gasteiger partial charge in [-0.15, -0.1) is 0 Å². The van der Waals surface area contributed by atoms with Crippen molar-refractivity contribution in [3.63, 3.8) is 0 Å². The molecule has 1 atom stereocenters. The molecular formula is C25H35ClN3O2+. The summed E-state index contributed by atoms with van der Waals surface area (Å²) in [6, 6.07) is 8.69. The third-order valence-electron chi connectivity index (χ3n) is 6.72. The zero-order chi connectivity index (χ0) is 22.2. The van der Waals surface area contributed by atoms with Crippen LogP contribution in [0.5, 0.6) is 0 Å². The fourth-order valence-corrected chi connectivity index (χ4v) is 5.36. The normalized spacial score (nSPS) is 25.2. The van der Waals surface area contributed by atoms with Crippen molar-refractivity contribution in [2.75, 3.05) is 20.1 Å². The van der Waals surface area contributed by atoms with Gasteiger partial charge in [-0.25, -0.2) is 4.79 Å². The van der Waals surface area contributed by atoms with Gasteiger partial charge in [-0.05, 0) is 64.3 Å². The number of hydrogen-bond acceptors (Lipinski definition) is 3. The van der Waals surface area contributed by atoms with E-state index in [0.29, 0.717) is 23.7 Å². The van der Waals surface area contributed by atoms with Crippen molar-refractivity contribution in [1.29, 1.82) is 0 Å². The van der Waals surface area contributed by atoms with Crippen LogP contribution in [-0.2, 0) is 4.74 Å². The molecule has 0 N–H and O–H groups in total.